The second kappa shape index (κ2) is 5.32. The average molecular weight is 294 g/mol. The summed E-state index contributed by atoms with van der Waals surface area (Å²) in [6.07, 6.45) is 0. The number of aryl methyl sites for hydroxylation is 1. The van der Waals surface area contributed by atoms with E-state index in [0.717, 1.165) is 11.3 Å². The highest BCUT2D eigenvalue weighted by molar-refractivity contribution is 9.10. The molecule has 0 aromatic heterocycles. The van der Waals surface area contributed by atoms with Crippen LogP contribution in [0.5, 0.6) is 0 Å². The first-order chi connectivity index (χ1) is 8.18. The molecule has 1 N–H and O–H groups in total. The molecule has 0 unspecified atom stereocenters. The van der Waals surface area contributed by atoms with E-state index in [1.54, 1.807) is 6.07 Å². The highest BCUT2D eigenvalue weighted by atomic mass is 79.9. The van der Waals surface area contributed by atoms with Gasteiger partial charge in [0.05, 0.1) is 4.47 Å². The molecule has 1 nitrogen and oxygen atoms in total. The molecule has 0 bridgehead atoms. The predicted octanol–water partition coefficient (Wildman–Crippen LogP) is 4.51. The average Bonchev–Trinajstić information content (AvgIpc) is 2.33. The van der Waals surface area contributed by atoms with Gasteiger partial charge in [-0.3, -0.25) is 0 Å². The second-order valence-electron chi connectivity index (χ2n) is 3.88. The summed E-state index contributed by atoms with van der Waals surface area (Å²) in [5.74, 6) is -0.228. The number of nitrogens with one attached hydrogen (secondary N) is 1. The Hall–Kier alpha value is -1.35. The zero-order valence-electron chi connectivity index (χ0n) is 9.50. The van der Waals surface area contributed by atoms with Crippen LogP contribution < -0.4 is 5.32 Å². The van der Waals surface area contributed by atoms with Crippen molar-refractivity contribution in [3.63, 3.8) is 0 Å². The van der Waals surface area contributed by atoms with Crippen molar-refractivity contribution < 1.29 is 4.39 Å². The van der Waals surface area contributed by atoms with Gasteiger partial charge in [-0.25, -0.2) is 4.39 Å². The van der Waals surface area contributed by atoms with Crippen LogP contribution in [0.25, 0.3) is 0 Å². The van der Waals surface area contributed by atoms with Crippen LogP contribution in [0.4, 0.5) is 10.1 Å². The van der Waals surface area contributed by atoms with Crippen LogP contribution in [-0.4, -0.2) is 0 Å². The zero-order chi connectivity index (χ0) is 12.3. The van der Waals surface area contributed by atoms with E-state index in [9.17, 15) is 4.39 Å². The summed E-state index contributed by atoms with van der Waals surface area (Å²) in [5, 5.41) is 3.30. The minimum atomic E-state index is -0.228. The maximum Gasteiger partial charge on any atom is 0.137 e. The first kappa shape index (κ1) is 12.1. The Kier molecular flexibility index (Phi) is 3.79. The maximum absolute atomic E-state index is 13.3. The molecule has 0 amide bonds. The highest BCUT2D eigenvalue weighted by Crippen LogP contribution is 2.22. The molecule has 2 aromatic carbocycles. The lowest BCUT2D eigenvalue weighted by Gasteiger charge is -2.10. The van der Waals surface area contributed by atoms with E-state index in [4.69, 9.17) is 0 Å². The summed E-state index contributed by atoms with van der Waals surface area (Å²) in [5.41, 5.74) is 3.16. The smallest absolute Gasteiger partial charge is 0.137 e. The van der Waals surface area contributed by atoms with Crippen molar-refractivity contribution in [1.82, 2.24) is 0 Å². The van der Waals surface area contributed by atoms with E-state index < -0.39 is 0 Å². The van der Waals surface area contributed by atoms with Gasteiger partial charge in [-0.2, -0.15) is 0 Å². The molecule has 17 heavy (non-hydrogen) atoms. The molecule has 0 fully saturated rings. The van der Waals surface area contributed by atoms with Crippen LogP contribution in [0.1, 0.15) is 11.1 Å². The van der Waals surface area contributed by atoms with Gasteiger partial charge in [0.1, 0.15) is 5.82 Å². The SMILES string of the molecule is Cc1ccccc1NCc1cccc(F)c1Br. The Morgan fingerprint density at radius 1 is 1.12 bits per heavy atom. The normalized spacial score (nSPS) is 10.3. The van der Waals surface area contributed by atoms with Crippen molar-refractivity contribution >= 4 is 21.6 Å². The van der Waals surface area contributed by atoms with Crippen molar-refractivity contribution in [3.05, 3.63) is 63.9 Å². The number of anilines is 1. The fraction of sp³-hybridized carbons (Fsp3) is 0.143. The molecule has 0 atom stereocenters. The van der Waals surface area contributed by atoms with E-state index in [1.807, 2.05) is 37.3 Å². The van der Waals surface area contributed by atoms with Gasteiger partial charge in [-0.1, -0.05) is 30.3 Å². The van der Waals surface area contributed by atoms with E-state index in [2.05, 4.69) is 21.2 Å². The summed E-state index contributed by atoms with van der Waals surface area (Å²) >= 11 is 3.26. The van der Waals surface area contributed by atoms with Gasteiger partial charge in [-0.15, -0.1) is 0 Å². The van der Waals surface area contributed by atoms with Crippen LogP contribution in [0, 0.1) is 12.7 Å². The third-order valence-electron chi connectivity index (χ3n) is 2.65. The van der Waals surface area contributed by atoms with Crippen LogP contribution in [0.3, 0.4) is 0 Å². The number of para-hydroxylation sites is 1. The molecule has 0 heterocycles. The number of halogens is 2. The first-order valence-electron chi connectivity index (χ1n) is 5.41. The number of rotatable bonds is 3. The molecule has 0 spiro atoms. The van der Waals surface area contributed by atoms with E-state index >= 15 is 0 Å². The van der Waals surface area contributed by atoms with Gasteiger partial charge >= 0.3 is 0 Å². The monoisotopic (exact) mass is 293 g/mol. The summed E-state index contributed by atoms with van der Waals surface area (Å²) in [6, 6.07) is 13.1. The summed E-state index contributed by atoms with van der Waals surface area (Å²) in [6.45, 7) is 2.64. The number of benzene rings is 2. The van der Waals surface area contributed by atoms with Crippen molar-refractivity contribution in [2.24, 2.45) is 0 Å². The third kappa shape index (κ3) is 2.86. The lowest BCUT2D eigenvalue weighted by atomic mass is 10.2. The molecule has 0 radical (unpaired) electrons. The molecule has 0 aliphatic carbocycles. The minimum absolute atomic E-state index is 0.228. The summed E-state index contributed by atoms with van der Waals surface area (Å²) < 4.78 is 13.8. The third-order valence-corrected chi connectivity index (χ3v) is 3.53. The number of hydrogen-bond acceptors (Lipinski definition) is 1. The molecule has 3 heteroatoms. The van der Waals surface area contributed by atoms with Crippen molar-refractivity contribution in [2.75, 3.05) is 5.32 Å². The van der Waals surface area contributed by atoms with Gasteiger partial charge in [0, 0.05) is 12.2 Å². The lowest BCUT2D eigenvalue weighted by molar-refractivity contribution is 0.618. The fourth-order valence-electron chi connectivity index (χ4n) is 1.65. The van der Waals surface area contributed by atoms with Crippen molar-refractivity contribution in [1.29, 1.82) is 0 Å². The fourth-order valence-corrected chi connectivity index (χ4v) is 2.05. The molecule has 0 aliphatic rings. The van der Waals surface area contributed by atoms with Crippen LogP contribution >= 0.6 is 15.9 Å². The molecule has 0 aliphatic heterocycles. The quantitative estimate of drug-likeness (QED) is 0.878. The summed E-state index contributed by atoms with van der Waals surface area (Å²) in [4.78, 5) is 0. The maximum atomic E-state index is 13.3. The van der Waals surface area contributed by atoms with E-state index in [0.29, 0.717) is 11.0 Å². The largest absolute Gasteiger partial charge is 0.381 e. The van der Waals surface area contributed by atoms with Gasteiger partial charge in [-0.05, 0) is 46.1 Å². The topological polar surface area (TPSA) is 12.0 Å². The predicted molar refractivity (Wildman–Crippen MR) is 72.6 cm³/mol. The van der Waals surface area contributed by atoms with E-state index in [-0.39, 0.29) is 5.82 Å². The van der Waals surface area contributed by atoms with Crippen molar-refractivity contribution in [3.8, 4) is 0 Å². The second-order valence-corrected chi connectivity index (χ2v) is 4.67. The molecular weight excluding hydrogens is 281 g/mol. The van der Waals surface area contributed by atoms with Gasteiger partial charge in [0.15, 0.2) is 0 Å². The lowest BCUT2D eigenvalue weighted by Crippen LogP contribution is -2.02. The Morgan fingerprint density at radius 3 is 2.65 bits per heavy atom. The first-order valence-corrected chi connectivity index (χ1v) is 6.20. The minimum Gasteiger partial charge on any atom is -0.381 e. The molecule has 88 valence electrons. The Bertz CT molecular complexity index is 525. The Labute approximate surface area is 109 Å². The molecule has 0 saturated heterocycles. The van der Waals surface area contributed by atoms with Crippen molar-refractivity contribution in [2.45, 2.75) is 13.5 Å². The van der Waals surface area contributed by atoms with Gasteiger partial charge in [0.2, 0.25) is 0 Å². The molecule has 2 aromatic rings. The van der Waals surface area contributed by atoms with E-state index in [1.165, 1.54) is 11.6 Å². The Balaban J connectivity index is 2.13. The summed E-state index contributed by atoms with van der Waals surface area (Å²) in [7, 11) is 0. The highest BCUT2D eigenvalue weighted by Gasteiger charge is 2.05. The number of hydrogen-bond donors (Lipinski definition) is 1. The van der Waals surface area contributed by atoms with Crippen LogP contribution in [0.15, 0.2) is 46.9 Å². The van der Waals surface area contributed by atoms with Gasteiger partial charge < -0.3 is 5.32 Å². The standard InChI is InChI=1S/C14H13BrFN/c1-10-5-2-3-8-13(10)17-9-11-6-4-7-12(16)14(11)15/h2-8,17H,9H2,1H3. The van der Waals surface area contributed by atoms with Crippen LogP contribution in [-0.2, 0) is 6.54 Å². The van der Waals surface area contributed by atoms with Gasteiger partial charge in [0.25, 0.3) is 0 Å². The molecule has 2 rings (SSSR count). The molecular formula is C14H13BrFN. The van der Waals surface area contributed by atoms with Crippen LogP contribution in [0.2, 0.25) is 0 Å². The molecule has 0 saturated carbocycles. The zero-order valence-corrected chi connectivity index (χ0v) is 11.1. The Morgan fingerprint density at radius 2 is 1.88 bits per heavy atom.